The molecule has 0 saturated heterocycles. The van der Waals surface area contributed by atoms with Crippen LogP contribution >= 0.6 is 0 Å². The van der Waals surface area contributed by atoms with E-state index in [4.69, 9.17) is 4.74 Å². The summed E-state index contributed by atoms with van der Waals surface area (Å²) in [6.45, 7) is 6.67. The van der Waals surface area contributed by atoms with Gasteiger partial charge in [-0.05, 0) is 13.0 Å². The number of rotatable bonds is 8. The van der Waals surface area contributed by atoms with Crippen molar-refractivity contribution < 1.29 is 9.53 Å². The number of carbonyl (C=O) groups is 1. The molecule has 0 aliphatic rings. The molecule has 0 atom stereocenters. The van der Waals surface area contributed by atoms with Crippen LogP contribution in [0.15, 0.2) is 12.7 Å². The lowest BCUT2D eigenvalue weighted by atomic mass is 10.2. The maximum absolute atomic E-state index is 10.6. The molecule has 0 heterocycles. The lowest BCUT2D eigenvalue weighted by Gasteiger charge is -2.03. The molecule has 0 radical (unpaired) electrons. The largest absolute Gasteiger partial charge is 0.447 e. The first-order chi connectivity index (χ1) is 6.31. The standard InChI is InChI=1S/C10H19NO2/c1-3-5-6-7-8-11-9-13-10(12)4-2/h4,11H,2-3,5-9H2,1H3. The second-order valence-corrected chi connectivity index (χ2v) is 2.87. The minimum atomic E-state index is -0.374. The minimum absolute atomic E-state index is 0.289. The summed E-state index contributed by atoms with van der Waals surface area (Å²) in [6.07, 6.45) is 6.05. The Bertz CT molecular complexity index is 146. The van der Waals surface area contributed by atoms with Crippen LogP contribution in [0.1, 0.15) is 32.6 Å². The number of ether oxygens (including phenoxy) is 1. The third kappa shape index (κ3) is 9.08. The van der Waals surface area contributed by atoms with Crippen LogP contribution in [-0.2, 0) is 9.53 Å². The summed E-state index contributed by atoms with van der Waals surface area (Å²) in [5.74, 6) is -0.374. The summed E-state index contributed by atoms with van der Waals surface area (Å²) in [4.78, 5) is 10.6. The number of nitrogens with one attached hydrogen (secondary N) is 1. The molecule has 0 aliphatic heterocycles. The topological polar surface area (TPSA) is 38.3 Å². The second-order valence-electron chi connectivity index (χ2n) is 2.87. The molecule has 0 amide bonds. The lowest BCUT2D eigenvalue weighted by Crippen LogP contribution is -2.20. The zero-order chi connectivity index (χ0) is 9.94. The molecule has 0 spiro atoms. The maximum atomic E-state index is 10.6. The van der Waals surface area contributed by atoms with Gasteiger partial charge in [-0.2, -0.15) is 0 Å². The Morgan fingerprint density at radius 3 is 2.85 bits per heavy atom. The van der Waals surface area contributed by atoms with E-state index in [1.54, 1.807) is 0 Å². The molecule has 0 rings (SSSR count). The van der Waals surface area contributed by atoms with E-state index in [1.807, 2.05) is 0 Å². The van der Waals surface area contributed by atoms with Gasteiger partial charge in [0.15, 0.2) is 0 Å². The van der Waals surface area contributed by atoms with Crippen molar-refractivity contribution in [2.45, 2.75) is 32.6 Å². The SMILES string of the molecule is C=CC(=O)OCNCCCCCC. The van der Waals surface area contributed by atoms with Gasteiger partial charge in [-0.25, -0.2) is 4.79 Å². The third-order valence-electron chi connectivity index (χ3n) is 1.69. The van der Waals surface area contributed by atoms with Gasteiger partial charge in [0.05, 0.1) is 0 Å². The van der Waals surface area contributed by atoms with E-state index < -0.39 is 0 Å². The summed E-state index contributed by atoms with van der Waals surface area (Å²) in [5.41, 5.74) is 0. The molecule has 1 N–H and O–H groups in total. The zero-order valence-electron chi connectivity index (χ0n) is 8.34. The third-order valence-corrected chi connectivity index (χ3v) is 1.69. The average molecular weight is 185 g/mol. The van der Waals surface area contributed by atoms with Crippen molar-refractivity contribution in [1.29, 1.82) is 0 Å². The van der Waals surface area contributed by atoms with E-state index in [2.05, 4.69) is 18.8 Å². The predicted octanol–water partition coefficient (Wildman–Crippen LogP) is 1.84. The lowest BCUT2D eigenvalue weighted by molar-refractivity contribution is -0.138. The van der Waals surface area contributed by atoms with Gasteiger partial charge in [0, 0.05) is 6.08 Å². The average Bonchev–Trinajstić information content (AvgIpc) is 2.16. The fourth-order valence-electron chi connectivity index (χ4n) is 0.930. The summed E-state index contributed by atoms with van der Waals surface area (Å²) in [6, 6.07) is 0. The molecular weight excluding hydrogens is 166 g/mol. The number of hydrogen-bond donors (Lipinski definition) is 1. The highest BCUT2D eigenvalue weighted by Crippen LogP contribution is 1.96. The summed E-state index contributed by atoms with van der Waals surface area (Å²) in [7, 11) is 0. The number of esters is 1. The molecule has 13 heavy (non-hydrogen) atoms. The summed E-state index contributed by atoms with van der Waals surface area (Å²) in [5, 5.41) is 3.02. The molecule has 0 aliphatic carbocycles. The van der Waals surface area contributed by atoms with Gasteiger partial charge < -0.3 is 4.74 Å². The fourth-order valence-corrected chi connectivity index (χ4v) is 0.930. The first-order valence-electron chi connectivity index (χ1n) is 4.81. The van der Waals surface area contributed by atoms with Crippen molar-refractivity contribution in [3.05, 3.63) is 12.7 Å². The quantitative estimate of drug-likeness (QED) is 0.271. The molecule has 0 unspecified atom stereocenters. The smallest absolute Gasteiger partial charge is 0.331 e. The van der Waals surface area contributed by atoms with Crippen molar-refractivity contribution in [3.63, 3.8) is 0 Å². The van der Waals surface area contributed by atoms with E-state index in [-0.39, 0.29) is 12.7 Å². The van der Waals surface area contributed by atoms with E-state index in [9.17, 15) is 4.79 Å². The first-order valence-corrected chi connectivity index (χ1v) is 4.81. The van der Waals surface area contributed by atoms with Crippen molar-refractivity contribution >= 4 is 5.97 Å². The molecule has 0 fully saturated rings. The molecule has 3 heteroatoms. The Morgan fingerprint density at radius 2 is 2.23 bits per heavy atom. The molecule has 0 aromatic rings. The highest BCUT2D eigenvalue weighted by atomic mass is 16.5. The van der Waals surface area contributed by atoms with Crippen LogP contribution in [0.4, 0.5) is 0 Å². The van der Waals surface area contributed by atoms with Crippen LogP contribution < -0.4 is 5.32 Å². The van der Waals surface area contributed by atoms with Crippen LogP contribution in [0.2, 0.25) is 0 Å². The van der Waals surface area contributed by atoms with Gasteiger partial charge >= 0.3 is 5.97 Å². The van der Waals surface area contributed by atoms with Crippen LogP contribution in [0.25, 0.3) is 0 Å². The van der Waals surface area contributed by atoms with Gasteiger partial charge in [-0.3, -0.25) is 5.32 Å². The van der Waals surface area contributed by atoms with Crippen molar-refractivity contribution in [2.75, 3.05) is 13.3 Å². The van der Waals surface area contributed by atoms with Gasteiger partial charge in [0.25, 0.3) is 0 Å². The van der Waals surface area contributed by atoms with Gasteiger partial charge in [0.2, 0.25) is 0 Å². The predicted molar refractivity (Wildman–Crippen MR) is 53.3 cm³/mol. The molecular formula is C10H19NO2. The molecule has 0 saturated carbocycles. The fraction of sp³-hybridized carbons (Fsp3) is 0.700. The van der Waals surface area contributed by atoms with E-state index in [0.717, 1.165) is 13.0 Å². The number of hydrogen-bond acceptors (Lipinski definition) is 3. The van der Waals surface area contributed by atoms with E-state index >= 15 is 0 Å². The molecule has 0 aromatic carbocycles. The van der Waals surface area contributed by atoms with Gasteiger partial charge in [-0.1, -0.05) is 32.8 Å². The van der Waals surface area contributed by atoms with Crippen LogP contribution in [0, 0.1) is 0 Å². The normalized spacial score (nSPS) is 9.62. The Kier molecular flexibility index (Phi) is 8.67. The Morgan fingerprint density at radius 1 is 1.46 bits per heavy atom. The van der Waals surface area contributed by atoms with Crippen molar-refractivity contribution in [3.8, 4) is 0 Å². The maximum Gasteiger partial charge on any atom is 0.331 e. The van der Waals surface area contributed by atoms with Crippen molar-refractivity contribution in [2.24, 2.45) is 0 Å². The molecule has 0 aromatic heterocycles. The highest BCUT2D eigenvalue weighted by molar-refractivity contribution is 5.81. The van der Waals surface area contributed by atoms with Crippen LogP contribution in [-0.4, -0.2) is 19.2 Å². The molecule has 0 bridgehead atoms. The van der Waals surface area contributed by atoms with Crippen LogP contribution in [0.5, 0.6) is 0 Å². The first kappa shape index (κ1) is 12.2. The van der Waals surface area contributed by atoms with Gasteiger partial charge in [-0.15, -0.1) is 0 Å². The molecule has 76 valence electrons. The minimum Gasteiger partial charge on any atom is -0.447 e. The zero-order valence-corrected chi connectivity index (χ0v) is 8.34. The number of unbranched alkanes of at least 4 members (excludes halogenated alkanes) is 3. The highest BCUT2D eigenvalue weighted by Gasteiger charge is 1.93. The van der Waals surface area contributed by atoms with E-state index in [0.29, 0.717) is 0 Å². The summed E-state index contributed by atoms with van der Waals surface area (Å²) < 4.78 is 4.73. The Balaban J connectivity index is 2.99. The van der Waals surface area contributed by atoms with E-state index in [1.165, 1.54) is 25.3 Å². The van der Waals surface area contributed by atoms with Crippen molar-refractivity contribution in [1.82, 2.24) is 5.32 Å². The monoisotopic (exact) mass is 185 g/mol. The Hall–Kier alpha value is -0.830. The second kappa shape index (κ2) is 9.26. The number of carbonyl (C=O) groups excluding carboxylic acids is 1. The van der Waals surface area contributed by atoms with Crippen LogP contribution in [0.3, 0.4) is 0 Å². The summed E-state index contributed by atoms with van der Waals surface area (Å²) >= 11 is 0. The van der Waals surface area contributed by atoms with Gasteiger partial charge in [0.1, 0.15) is 6.73 Å². The Labute approximate surface area is 80.2 Å². The molecule has 3 nitrogen and oxygen atoms in total.